The number of fused-ring (bicyclic) bond motifs is 1. The Morgan fingerprint density at radius 3 is 2.39 bits per heavy atom. The van der Waals surface area contributed by atoms with Crippen molar-refractivity contribution in [3.8, 4) is 5.75 Å². The fourth-order valence-corrected chi connectivity index (χ4v) is 5.49. The molecule has 1 amide bonds. The normalized spacial score (nSPS) is 19.1. The Bertz CT molecular complexity index is 1030. The molecule has 1 spiro atoms. The summed E-state index contributed by atoms with van der Waals surface area (Å²) in [5.41, 5.74) is 5.34. The van der Waals surface area contributed by atoms with Gasteiger partial charge in [0.2, 0.25) is 0 Å². The molecule has 2 aromatic rings. The average molecular weight is 446 g/mol. The van der Waals surface area contributed by atoms with Gasteiger partial charge in [0.05, 0.1) is 0 Å². The van der Waals surface area contributed by atoms with Crippen LogP contribution < -0.4 is 15.0 Å². The van der Waals surface area contributed by atoms with Crippen LogP contribution in [0.15, 0.2) is 48.5 Å². The minimum Gasteiger partial charge on any atom is -0.482 e. The van der Waals surface area contributed by atoms with Crippen LogP contribution in [0.5, 0.6) is 5.75 Å². The van der Waals surface area contributed by atoms with Gasteiger partial charge in [-0.15, -0.1) is 0 Å². The summed E-state index contributed by atoms with van der Waals surface area (Å²) in [6.45, 7) is 9.61. The van der Waals surface area contributed by atoms with Crippen LogP contribution in [0, 0.1) is 0 Å². The molecule has 3 heterocycles. The average Bonchev–Trinajstić information content (AvgIpc) is 3.39. The second-order valence-electron chi connectivity index (χ2n) is 9.37. The lowest BCUT2D eigenvalue weighted by molar-refractivity contribution is 0.0772. The largest absolute Gasteiger partial charge is 0.482 e. The molecule has 0 aliphatic carbocycles. The molecule has 3 aliphatic rings. The molecule has 174 valence electrons. The Morgan fingerprint density at radius 1 is 1.03 bits per heavy atom. The van der Waals surface area contributed by atoms with E-state index >= 15 is 0 Å². The van der Waals surface area contributed by atoms with E-state index in [1.807, 2.05) is 30.9 Å². The van der Waals surface area contributed by atoms with Crippen molar-refractivity contribution >= 4 is 17.2 Å². The second-order valence-corrected chi connectivity index (χ2v) is 9.37. The van der Waals surface area contributed by atoms with Crippen LogP contribution >= 0.6 is 0 Å². The summed E-state index contributed by atoms with van der Waals surface area (Å²) >= 11 is 0. The quantitative estimate of drug-likeness (QED) is 0.724. The molecule has 2 saturated heterocycles. The first-order chi connectivity index (χ1) is 16.1. The molecular formula is C28H35N3O2. The van der Waals surface area contributed by atoms with E-state index in [2.05, 4.69) is 46.6 Å². The minimum atomic E-state index is -0.271. The SMILES string of the molecule is CCN(CC)C(=O)c1ccc(C2=CC3(CCNCC3)Oc3cccc(N4CCCC4)c32)cc1. The Morgan fingerprint density at radius 2 is 1.73 bits per heavy atom. The topological polar surface area (TPSA) is 44.8 Å². The first-order valence-electron chi connectivity index (χ1n) is 12.5. The van der Waals surface area contributed by atoms with E-state index in [0.29, 0.717) is 0 Å². The maximum Gasteiger partial charge on any atom is 0.253 e. The molecule has 2 fully saturated rings. The zero-order valence-electron chi connectivity index (χ0n) is 19.9. The van der Waals surface area contributed by atoms with Crippen LogP contribution in [0.4, 0.5) is 5.69 Å². The van der Waals surface area contributed by atoms with Gasteiger partial charge in [0.25, 0.3) is 5.91 Å². The van der Waals surface area contributed by atoms with E-state index in [-0.39, 0.29) is 11.5 Å². The number of hydrogen-bond donors (Lipinski definition) is 1. The molecule has 0 aromatic heterocycles. The molecule has 33 heavy (non-hydrogen) atoms. The van der Waals surface area contributed by atoms with Crippen LogP contribution in [-0.2, 0) is 0 Å². The number of carbonyl (C=O) groups is 1. The highest BCUT2D eigenvalue weighted by Gasteiger charge is 2.38. The maximum absolute atomic E-state index is 12.8. The highest BCUT2D eigenvalue weighted by Crippen LogP contribution is 2.47. The third kappa shape index (κ3) is 4.15. The van der Waals surface area contributed by atoms with Crippen LogP contribution in [0.2, 0.25) is 0 Å². The third-order valence-corrected chi connectivity index (χ3v) is 7.38. The predicted octanol–water partition coefficient (Wildman–Crippen LogP) is 4.72. The Kier molecular flexibility index (Phi) is 6.15. The van der Waals surface area contributed by atoms with Crippen molar-refractivity contribution in [2.75, 3.05) is 44.2 Å². The molecule has 0 radical (unpaired) electrons. The number of carbonyl (C=O) groups excluding carboxylic acids is 1. The number of ether oxygens (including phenoxy) is 1. The number of piperidine rings is 1. The summed E-state index contributed by atoms with van der Waals surface area (Å²) in [5.74, 6) is 1.09. The molecule has 1 N–H and O–H groups in total. The molecule has 5 rings (SSSR count). The fraction of sp³-hybridized carbons (Fsp3) is 0.464. The van der Waals surface area contributed by atoms with E-state index in [1.54, 1.807) is 0 Å². The Balaban J connectivity index is 1.58. The predicted molar refractivity (Wildman–Crippen MR) is 134 cm³/mol. The molecule has 5 heteroatoms. The van der Waals surface area contributed by atoms with Gasteiger partial charge in [-0.05, 0) is 81.3 Å². The summed E-state index contributed by atoms with van der Waals surface area (Å²) in [6, 6.07) is 14.7. The molecule has 2 aromatic carbocycles. The number of hydrogen-bond acceptors (Lipinski definition) is 4. The van der Waals surface area contributed by atoms with Crippen molar-refractivity contribution in [2.24, 2.45) is 0 Å². The number of rotatable bonds is 5. The summed E-state index contributed by atoms with van der Waals surface area (Å²) in [7, 11) is 0. The maximum atomic E-state index is 12.8. The minimum absolute atomic E-state index is 0.0977. The molecule has 0 unspecified atom stereocenters. The van der Waals surface area contributed by atoms with Gasteiger partial charge in [-0.3, -0.25) is 4.79 Å². The zero-order chi connectivity index (χ0) is 22.8. The van der Waals surface area contributed by atoms with Gasteiger partial charge in [0.15, 0.2) is 0 Å². The van der Waals surface area contributed by atoms with Crippen LogP contribution in [0.25, 0.3) is 5.57 Å². The third-order valence-electron chi connectivity index (χ3n) is 7.38. The highest BCUT2D eigenvalue weighted by molar-refractivity contribution is 5.96. The van der Waals surface area contributed by atoms with E-state index in [4.69, 9.17) is 4.74 Å². The lowest BCUT2D eigenvalue weighted by Crippen LogP contribution is -2.46. The molecule has 5 nitrogen and oxygen atoms in total. The summed E-state index contributed by atoms with van der Waals surface area (Å²) in [6.07, 6.45) is 6.77. The van der Waals surface area contributed by atoms with E-state index in [1.165, 1.54) is 29.7 Å². The first-order valence-corrected chi connectivity index (χ1v) is 12.5. The lowest BCUT2D eigenvalue weighted by atomic mass is 9.82. The number of nitrogens with one attached hydrogen (secondary N) is 1. The van der Waals surface area contributed by atoms with Crippen molar-refractivity contribution in [3.05, 3.63) is 65.2 Å². The van der Waals surface area contributed by atoms with Gasteiger partial charge in [-0.1, -0.05) is 18.2 Å². The molecule has 0 bridgehead atoms. The van der Waals surface area contributed by atoms with Gasteiger partial charge < -0.3 is 19.9 Å². The number of amides is 1. The van der Waals surface area contributed by atoms with Crippen LogP contribution in [-0.4, -0.2) is 55.7 Å². The van der Waals surface area contributed by atoms with Crippen molar-refractivity contribution in [1.82, 2.24) is 10.2 Å². The van der Waals surface area contributed by atoms with Crippen molar-refractivity contribution in [3.63, 3.8) is 0 Å². The number of nitrogens with zero attached hydrogens (tertiary/aromatic N) is 2. The summed E-state index contributed by atoms with van der Waals surface area (Å²) in [5, 5.41) is 3.47. The Hall–Kier alpha value is -2.79. The van der Waals surface area contributed by atoms with Crippen molar-refractivity contribution in [1.29, 1.82) is 0 Å². The van der Waals surface area contributed by atoms with Crippen molar-refractivity contribution < 1.29 is 9.53 Å². The molecule has 0 atom stereocenters. The fourth-order valence-electron chi connectivity index (χ4n) is 5.49. The Labute approximate surface area is 197 Å². The monoisotopic (exact) mass is 445 g/mol. The highest BCUT2D eigenvalue weighted by atomic mass is 16.5. The van der Waals surface area contributed by atoms with E-state index in [0.717, 1.165) is 69.0 Å². The van der Waals surface area contributed by atoms with Gasteiger partial charge in [-0.25, -0.2) is 0 Å². The molecule has 3 aliphatic heterocycles. The van der Waals surface area contributed by atoms with Gasteiger partial charge in [0, 0.05) is 55.8 Å². The van der Waals surface area contributed by atoms with Gasteiger partial charge in [0.1, 0.15) is 11.4 Å². The number of benzene rings is 2. The van der Waals surface area contributed by atoms with E-state index < -0.39 is 0 Å². The van der Waals surface area contributed by atoms with Crippen molar-refractivity contribution in [2.45, 2.75) is 45.1 Å². The number of anilines is 1. The van der Waals surface area contributed by atoms with Gasteiger partial charge in [-0.2, -0.15) is 0 Å². The van der Waals surface area contributed by atoms with Crippen LogP contribution in [0.1, 0.15) is 61.0 Å². The van der Waals surface area contributed by atoms with Crippen LogP contribution in [0.3, 0.4) is 0 Å². The molecule has 0 saturated carbocycles. The smallest absolute Gasteiger partial charge is 0.253 e. The molecular weight excluding hydrogens is 410 g/mol. The van der Waals surface area contributed by atoms with Gasteiger partial charge >= 0.3 is 0 Å². The van der Waals surface area contributed by atoms with E-state index in [9.17, 15) is 4.79 Å². The summed E-state index contributed by atoms with van der Waals surface area (Å²) in [4.78, 5) is 17.2. The second kappa shape index (κ2) is 9.22. The zero-order valence-corrected chi connectivity index (χ0v) is 19.9. The first kappa shape index (κ1) is 22.0. The summed E-state index contributed by atoms with van der Waals surface area (Å²) < 4.78 is 6.73. The lowest BCUT2D eigenvalue weighted by Gasteiger charge is -2.41. The standard InChI is InChI=1S/C28H35N3O2/c1-3-30(4-2)27(32)22-12-10-21(11-13-22)23-20-28(14-16-29-17-15-28)33-25-9-7-8-24(26(23)25)31-18-5-6-19-31/h7-13,20,29H,3-6,14-19H2,1-2H3.